The molecule has 602 valence electrons. The van der Waals surface area contributed by atoms with Crippen molar-refractivity contribution in [3.05, 3.63) is 97.2 Å². The van der Waals surface area contributed by atoms with Crippen molar-refractivity contribution in [3.63, 3.8) is 0 Å². The molecule has 0 spiro atoms. The van der Waals surface area contributed by atoms with E-state index in [4.69, 9.17) is 37.0 Å². The van der Waals surface area contributed by atoms with E-state index in [0.717, 1.165) is 135 Å². The highest BCUT2D eigenvalue weighted by Gasteiger charge is 2.30. The summed E-state index contributed by atoms with van der Waals surface area (Å²) in [6.07, 6.45) is 82.6. The fourth-order valence-corrected chi connectivity index (χ4v) is 12.9. The van der Waals surface area contributed by atoms with E-state index in [1.807, 2.05) is 18.2 Å². The molecule has 0 aromatic carbocycles. The number of carbonyl (C=O) groups excluding carboxylic acids is 4. The van der Waals surface area contributed by atoms with Crippen molar-refractivity contribution in [3.8, 4) is 0 Å². The summed E-state index contributed by atoms with van der Waals surface area (Å²) in [4.78, 5) is 73.0. The second kappa shape index (κ2) is 77.1. The average Bonchev–Trinajstić information content (AvgIpc) is 0.912. The summed E-state index contributed by atoms with van der Waals surface area (Å²) in [5.41, 5.74) is 0. The Bertz CT molecular complexity index is 2350. The topological polar surface area (TPSA) is 237 Å². The molecule has 0 fully saturated rings. The molecular formula is C85H150O17P2. The summed E-state index contributed by atoms with van der Waals surface area (Å²) in [6, 6.07) is 0. The van der Waals surface area contributed by atoms with Crippen LogP contribution in [0.4, 0.5) is 0 Å². The number of aliphatic hydroxyl groups excluding tert-OH is 1. The number of rotatable bonds is 78. The van der Waals surface area contributed by atoms with Crippen LogP contribution in [-0.4, -0.2) is 96.7 Å². The number of allylic oxidation sites excluding steroid dienone is 15. The van der Waals surface area contributed by atoms with Crippen molar-refractivity contribution in [2.75, 3.05) is 39.6 Å². The Kier molecular flexibility index (Phi) is 74.2. The van der Waals surface area contributed by atoms with Crippen LogP contribution in [0.1, 0.15) is 362 Å². The van der Waals surface area contributed by atoms with Crippen LogP contribution in [0.25, 0.3) is 0 Å². The van der Waals surface area contributed by atoms with Crippen LogP contribution in [0.2, 0.25) is 0 Å². The second-order valence-electron chi connectivity index (χ2n) is 27.7. The molecule has 5 unspecified atom stereocenters. The van der Waals surface area contributed by atoms with Gasteiger partial charge >= 0.3 is 39.5 Å². The average molecular weight is 1510 g/mol. The van der Waals surface area contributed by atoms with Gasteiger partial charge in [-0.15, -0.1) is 0 Å². The number of unbranched alkanes of at least 4 members (excludes halogenated alkanes) is 37. The lowest BCUT2D eigenvalue weighted by atomic mass is 10.0. The zero-order valence-corrected chi connectivity index (χ0v) is 67.7. The van der Waals surface area contributed by atoms with Crippen molar-refractivity contribution in [2.45, 2.75) is 380 Å². The van der Waals surface area contributed by atoms with Crippen LogP contribution in [0.3, 0.4) is 0 Å². The lowest BCUT2D eigenvalue weighted by Crippen LogP contribution is -2.30. The number of hydrogen-bond donors (Lipinski definition) is 3. The number of hydrogen-bond acceptors (Lipinski definition) is 15. The third-order valence-electron chi connectivity index (χ3n) is 17.6. The highest BCUT2D eigenvalue weighted by molar-refractivity contribution is 7.47. The molecule has 17 nitrogen and oxygen atoms in total. The number of phosphoric acid groups is 2. The largest absolute Gasteiger partial charge is 0.472 e. The smallest absolute Gasteiger partial charge is 0.462 e. The van der Waals surface area contributed by atoms with Crippen LogP contribution in [0.5, 0.6) is 0 Å². The Balaban J connectivity index is 5.39. The number of esters is 4. The first kappa shape index (κ1) is 100.0. The Hall–Kier alpha value is -4.02. The molecule has 5 atom stereocenters. The first-order chi connectivity index (χ1) is 50.7. The van der Waals surface area contributed by atoms with Gasteiger partial charge in [0, 0.05) is 19.3 Å². The van der Waals surface area contributed by atoms with Crippen molar-refractivity contribution in [2.24, 2.45) is 0 Å². The summed E-state index contributed by atoms with van der Waals surface area (Å²) in [5, 5.41) is 10.6. The van der Waals surface area contributed by atoms with E-state index >= 15 is 0 Å². The monoisotopic (exact) mass is 1510 g/mol. The molecule has 0 aliphatic rings. The van der Waals surface area contributed by atoms with Crippen LogP contribution in [0.15, 0.2) is 97.2 Å². The van der Waals surface area contributed by atoms with Gasteiger partial charge in [0.25, 0.3) is 0 Å². The van der Waals surface area contributed by atoms with Gasteiger partial charge in [-0.05, 0) is 89.9 Å². The molecule has 3 N–H and O–H groups in total. The van der Waals surface area contributed by atoms with Gasteiger partial charge in [0.15, 0.2) is 12.2 Å². The molecule has 0 saturated carbocycles. The van der Waals surface area contributed by atoms with Gasteiger partial charge in [0.2, 0.25) is 0 Å². The van der Waals surface area contributed by atoms with Gasteiger partial charge in [-0.3, -0.25) is 37.3 Å². The van der Waals surface area contributed by atoms with Crippen molar-refractivity contribution >= 4 is 39.5 Å². The first-order valence-corrected chi connectivity index (χ1v) is 44.5. The minimum Gasteiger partial charge on any atom is -0.462 e. The lowest BCUT2D eigenvalue weighted by molar-refractivity contribution is -0.161. The molecule has 0 radical (unpaired) electrons. The molecule has 0 aliphatic heterocycles. The molecule has 104 heavy (non-hydrogen) atoms. The third kappa shape index (κ3) is 76.2. The Labute approximate surface area is 633 Å². The van der Waals surface area contributed by atoms with Gasteiger partial charge in [-0.2, -0.15) is 0 Å². The standard InChI is InChI=1S/C85H150O17P2/c1-5-9-13-17-21-25-29-33-37-38-39-40-44-46-50-54-58-62-66-70-83(88)96-76-81(102-85(90)72-68-64-60-56-52-48-43-36-32-28-24-20-16-12-8-4)78-100-104(93,94)98-74-79(86)73-97-103(91,92)99-77-80(101-84(89)71-67-63-59-55-51-47-42-35-31-27-23-19-15-11-7-3)75-95-82(87)69-65-61-57-53-49-45-41-34-30-26-22-18-14-10-6-2/h10,14,21-22,25-26,33-34,37,39-41,49,53,61,65,79-81,86H,5-9,11-13,15-20,23-24,27-32,35-36,38,42-48,50-52,54-60,62-64,66-78H2,1-4H3,(H,91,92)(H,93,94)/b14-10-,25-21-,26-22-,37-33-,40-39-,41-34-,53-49-,65-61-. The summed E-state index contributed by atoms with van der Waals surface area (Å²) in [7, 11) is -9.98. The zero-order chi connectivity index (χ0) is 76.0. The summed E-state index contributed by atoms with van der Waals surface area (Å²) >= 11 is 0. The molecule has 0 amide bonds. The van der Waals surface area contributed by atoms with Crippen molar-refractivity contribution in [1.82, 2.24) is 0 Å². The first-order valence-electron chi connectivity index (χ1n) is 41.5. The van der Waals surface area contributed by atoms with E-state index in [2.05, 4.69) is 101 Å². The summed E-state index contributed by atoms with van der Waals surface area (Å²) < 4.78 is 68.6. The van der Waals surface area contributed by atoms with E-state index in [1.54, 1.807) is 6.08 Å². The van der Waals surface area contributed by atoms with E-state index in [9.17, 15) is 43.2 Å². The number of aliphatic hydroxyl groups is 1. The Morgan fingerprint density at radius 1 is 0.288 bits per heavy atom. The van der Waals surface area contributed by atoms with Gasteiger partial charge in [0.1, 0.15) is 19.3 Å². The maximum Gasteiger partial charge on any atom is 0.472 e. The van der Waals surface area contributed by atoms with Gasteiger partial charge in [0.05, 0.1) is 32.8 Å². The molecule has 0 rings (SSSR count). The Morgan fingerprint density at radius 2 is 0.538 bits per heavy atom. The fourth-order valence-electron chi connectivity index (χ4n) is 11.3. The maximum absolute atomic E-state index is 13.1. The van der Waals surface area contributed by atoms with Crippen LogP contribution in [-0.2, 0) is 65.4 Å². The van der Waals surface area contributed by atoms with Crippen molar-refractivity contribution < 1.29 is 80.2 Å². The van der Waals surface area contributed by atoms with E-state index in [0.29, 0.717) is 25.7 Å². The molecule has 0 saturated heterocycles. The second-order valence-corrected chi connectivity index (χ2v) is 30.6. The summed E-state index contributed by atoms with van der Waals surface area (Å²) in [5.74, 6) is -2.31. The summed E-state index contributed by atoms with van der Waals surface area (Å²) in [6.45, 7) is 4.68. The molecule has 0 heterocycles. The molecule has 19 heteroatoms. The predicted octanol–water partition coefficient (Wildman–Crippen LogP) is 24.3. The van der Waals surface area contributed by atoms with Crippen LogP contribution < -0.4 is 0 Å². The van der Waals surface area contributed by atoms with Gasteiger partial charge in [-0.25, -0.2) is 9.13 Å². The molecular weight excluding hydrogens is 1350 g/mol. The zero-order valence-electron chi connectivity index (χ0n) is 65.9. The van der Waals surface area contributed by atoms with Crippen molar-refractivity contribution in [1.29, 1.82) is 0 Å². The third-order valence-corrected chi connectivity index (χ3v) is 19.5. The number of ether oxygens (including phenoxy) is 4. The van der Waals surface area contributed by atoms with Gasteiger partial charge in [-0.1, -0.05) is 343 Å². The van der Waals surface area contributed by atoms with Gasteiger partial charge < -0.3 is 33.8 Å². The van der Waals surface area contributed by atoms with E-state index in [-0.39, 0.29) is 25.7 Å². The SMILES string of the molecule is CC/C=C\C/C=C\C/C=C\C/C=C\C/C=C\CC(=O)OCC(COP(=O)(O)OCC(O)COP(=O)(O)OCC(COC(=O)CCCCCCCC/C=C\C/C=C\C/C=C\CCCCC)OC(=O)CCCCCCCCCCCCCCCCC)OC(=O)CCCCCCCCCCCCCCCCC. The van der Waals surface area contributed by atoms with Crippen LogP contribution in [0, 0.1) is 0 Å². The lowest BCUT2D eigenvalue weighted by Gasteiger charge is -2.21. The molecule has 0 aliphatic carbocycles. The maximum atomic E-state index is 13.1. The van der Waals surface area contributed by atoms with Crippen LogP contribution >= 0.6 is 15.6 Å². The number of phosphoric ester groups is 2. The minimum atomic E-state index is -4.99. The molecule has 0 aromatic rings. The molecule has 0 aromatic heterocycles. The highest BCUT2D eigenvalue weighted by atomic mass is 31.2. The quantitative estimate of drug-likeness (QED) is 0.0169. The fraction of sp³-hybridized carbons (Fsp3) is 0.765. The van der Waals surface area contributed by atoms with E-state index in [1.165, 1.54) is 148 Å². The molecule has 0 bridgehead atoms. The Morgan fingerprint density at radius 3 is 0.875 bits per heavy atom. The minimum absolute atomic E-state index is 0.0681. The highest BCUT2D eigenvalue weighted by Crippen LogP contribution is 2.45. The predicted molar refractivity (Wildman–Crippen MR) is 427 cm³/mol. The van der Waals surface area contributed by atoms with E-state index < -0.39 is 97.5 Å². The normalized spacial score (nSPS) is 14.3. The number of carbonyl (C=O) groups is 4.